The summed E-state index contributed by atoms with van der Waals surface area (Å²) in [6.45, 7) is 3.50. The van der Waals surface area contributed by atoms with Crippen molar-refractivity contribution in [3.63, 3.8) is 0 Å². The molecule has 0 aliphatic heterocycles. The molecule has 0 heterocycles. The number of nitrogen functional groups attached to an aromatic ring is 1. The topological polar surface area (TPSA) is 61.8 Å². The number of hydrazine groups is 1. The summed E-state index contributed by atoms with van der Waals surface area (Å²) in [6, 6.07) is 7.22. The smallest absolute Gasteiger partial charge is 0.0499 e. The van der Waals surface area contributed by atoms with Gasteiger partial charge in [0.2, 0.25) is 0 Å². The molecule has 0 amide bonds. The number of nitrogens with zero attached hydrogens (tertiary/aromatic N) is 1. The van der Waals surface area contributed by atoms with Gasteiger partial charge in [-0.3, -0.25) is 5.84 Å². The van der Waals surface area contributed by atoms with Crippen LogP contribution < -0.4 is 11.3 Å². The van der Waals surface area contributed by atoms with Gasteiger partial charge in [-0.2, -0.15) is 0 Å². The molecule has 11 heavy (non-hydrogen) atoms. The lowest BCUT2D eigenvalue weighted by Gasteiger charge is -1.96. The maximum absolute atomic E-state index is 6.50. The van der Waals surface area contributed by atoms with Gasteiger partial charge in [0.05, 0.1) is 0 Å². The molecular formula is C7H8ClN3. The summed E-state index contributed by atoms with van der Waals surface area (Å²) in [4.78, 5) is 0. The highest BCUT2D eigenvalue weighted by molar-refractivity contribution is 6.30. The number of benzene rings is 1. The van der Waals surface area contributed by atoms with Gasteiger partial charge in [-0.25, -0.2) is 5.26 Å². The van der Waals surface area contributed by atoms with Gasteiger partial charge in [0.15, 0.2) is 0 Å². The van der Waals surface area contributed by atoms with E-state index < -0.39 is 0 Å². The van der Waals surface area contributed by atoms with E-state index in [4.69, 9.17) is 22.7 Å². The molecule has 1 aromatic rings. The maximum atomic E-state index is 6.50. The SMILES string of the molecule is C#N.NNc1cccc(Cl)c1. The number of hydrogen-bond donors (Lipinski definition) is 2. The van der Waals surface area contributed by atoms with Gasteiger partial charge in [0, 0.05) is 17.3 Å². The second kappa shape index (κ2) is 5.54. The fourth-order valence-electron chi connectivity index (χ4n) is 0.578. The Morgan fingerprint density at radius 1 is 1.45 bits per heavy atom. The first-order chi connectivity index (χ1) is 5.33. The van der Waals surface area contributed by atoms with Crippen molar-refractivity contribution in [3.05, 3.63) is 29.3 Å². The summed E-state index contributed by atoms with van der Waals surface area (Å²) >= 11 is 5.63. The van der Waals surface area contributed by atoms with Gasteiger partial charge in [0.25, 0.3) is 0 Å². The van der Waals surface area contributed by atoms with E-state index in [9.17, 15) is 0 Å². The molecular weight excluding hydrogens is 162 g/mol. The Hall–Kier alpha value is -1.24. The van der Waals surface area contributed by atoms with Crippen LogP contribution in [0.1, 0.15) is 0 Å². The zero-order valence-electron chi connectivity index (χ0n) is 5.79. The minimum atomic E-state index is 0.686. The molecule has 0 aliphatic rings. The number of nitriles is 1. The van der Waals surface area contributed by atoms with E-state index in [1.165, 1.54) is 0 Å². The number of halogens is 1. The molecule has 0 radical (unpaired) electrons. The van der Waals surface area contributed by atoms with Crippen LogP contribution in [-0.4, -0.2) is 0 Å². The first-order valence-corrected chi connectivity index (χ1v) is 3.19. The number of nitrogens with two attached hydrogens (primary N) is 1. The van der Waals surface area contributed by atoms with Crippen molar-refractivity contribution < 1.29 is 0 Å². The van der Waals surface area contributed by atoms with Gasteiger partial charge in [0.1, 0.15) is 0 Å². The lowest BCUT2D eigenvalue weighted by atomic mass is 10.3. The van der Waals surface area contributed by atoms with Crippen LogP contribution >= 0.6 is 11.6 Å². The Morgan fingerprint density at radius 3 is 2.45 bits per heavy atom. The molecule has 0 fully saturated rings. The molecule has 1 rings (SSSR count). The van der Waals surface area contributed by atoms with E-state index in [1.54, 1.807) is 12.1 Å². The van der Waals surface area contributed by atoms with Crippen LogP contribution in [0.2, 0.25) is 5.02 Å². The molecule has 0 saturated carbocycles. The van der Waals surface area contributed by atoms with Crippen LogP contribution in [0.15, 0.2) is 24.3 Å². The van der Waals surface area contributed by atoms with E-state index in [0.29, 0.717) is 5.02 Å². The number of hydrogen-bond acceptors (Lipinski definition) is 3. The second-order valence-corrected chi connectivity index (χ2v) is 2.09. The van der Waals surface area contributed by atoms with Crippen molar-refractivity contribution in [3.8, 4) is 6.57 Å². The molecule has 3 nitrogen and oxygen atoms in total. The Labute approximate surface area is 70.4 Å². The summed E-state index contributed by atoms with van der Waals surface area (Å²) in [7, 11) is 0. The van der Waals surface area contributed by atoms with Crippen LogP contribution in [0.25, 0.3) is 0 Å². The van der Waals surface area contributed by atoms with Crippen LogP contribution in [0.4, 0.5) is 5.69 Å². The summed E-state index contributed by atoms with van der Waals surface area (Å²) < 4.78 is 0. The normalized spacial score (nSPS) is 7.64. The highest BCUT2D eigenvalue weighted by atomic mass is 35.5. The molecule has 58 valence electrons. The zero-order chi connectivity index (χ0) is 8.69. The summed E-state index contributed by atoms with van der Waals surface area (Å²) in [6.07, 6.45) is 0. The van der Waals surface area contributed by atoms with Gasteiger partial charge >= 0.3 is 0 Å². The average molecular weight is 170 g/mol. The lowest BCUT2D eigenvalue weighted by molar-refractivity contribution is 1.35. The number of rotatable bonds is 1. The minimum Gasteiger partial charge on any atom is -0.324 e. The fourth-order valence-corrected chi connectivity index (χ4v) is 0.769. The van der Waals surface area contributed by atoms with Crippen LogP contribution in [0, 0.1) is 11.8 Å². The summed E-state index contributed by atoms with van der Waals surface area (Å²) in [5, 5.41) is 7.19. The van der Waals surface area contributed by atoms with E-state index in [1.807, 2.05) is 12.1 Å². The fraction of sp³-hybridized carbons (Fsp3) is 0. The van der Waals surface area contributed by atoms with E-state index >= 15 is 0 Å². The van der Waals surface area contributed by atoms with Gasteiger partial charge < -0.3 is 5.43 Å². The van der Waals surface area contributed by atoms with Crippen molar-refractivity contribution in [2.45, 2.75) is 0 Å². The molecule has 0 atom stereocenters. The molecule has 0 bridgehead atoms. The van der Waals surface area contributed by atoms with Crippen LogP contribution in [0.3, 0.4) is 0 Å². The Bertz CT molecular complexity index is 234. The number of nitrogens with one attached hydrogen (secondary N) is 1. The first-order valence-electron chi connectivity index (χ1n) is 2.81. The maximum Gasteiger partial charge on any atom is 0.0499 e. The lowest BCUT2D eigenvalue weighted by Crippen LogP contribution is -2.05. The molecule has 0 unspecified atom stereocenters. The highest BCUT2D eigenvalue weighted by Crippen LogP contribution is 2.12. The molecule has 4 heteroatoms. The third-order valence-corrected chi connectivity index (χ3v) is 1.23. The van der Waals surface area contributed by atoms with Crippen molar-refractivity contribution in [2.75, 3.05) is 5.43 Å². The minimum absolute atomic E-state index is 0.686. The van der Waals surface area contributed by atoms with Gasteiger partial charge in [-0.05, 0) is 18.2 Å². The third-order valence-electron chi connectivity index (χ3n) is 0.991. The van der Waals surface area contributed by atoms with Gasteiger partial charge in [-0.1, -0.05) is 17.7 Å². The van der Waals surface area contributed by atoms with E-state index in [2.05, 4.69) is 12.0 Å². The predicted molar refractivity (Wildman–Crippen MR) is 45.9 cm³/mol. The van der Waals surface area contributed by atoms with Crippen molar-refractivity contribution in [1.29, 1.82) is 5.26 Å². The first kappa shape index (κ1) is 9.76. The average Bonchev–Trinajstić information content (AvgIpc) is 2.08. The quantitative estimate of drug-likeness (QED) is 0.498. The third kappa shape index (κ3) is 3.46. The van der Waals surface area contributed by atoms with Crippen LogP contribution in [0.5, 0.6) is 0 Å². The monoisotopic (exact) mass is 169 g/mol. The highest BCUT2D eigenvalue weighted by Gasteiger charge is 1.87. The Morgan fingerprint density at radius 2 is 2.09 bits per heavy atom. The van der Waals surface area contributed by atoms with E-state index in [-0.39, 0.29) is 0 Å². The number of anilines is 1. The standard InChI is InChI=1S/C6H7ClN2.CHN/c7-5-2-1-3-6(4-5)9-8;1-2/h1-4,9H,8H2;1H. The second-order valence-electron chi connectivity index (χ2n) is 1.65. The largest absolute Gasteiger partial charge is 0.324 e. The molecule has 0 aliphatic carbocycles. The molecule has 1 aromatic carbocycles. The van der Waals surface area contributed by atoms with Crippen molar-refractivity contribution in [2.24, 2.45) is 5.84 Å². The van der Waals surface area contributed by atoms with E-state index in [0.717, 1.165) is 5.69 Å². The zero-order valence-corrected chi connectivity index (χ0v) is 6.55. The molecule has 0 spiro atoms. The molecule has 0 aromatic heterocycles. The Balaban J connectivity index is 0.000000461. The van der Waals surface area contributed by atoms with Gasteiger partial charge in [-0.15, -0.1) is 0 Å². The summed E-state index contributed by atoms with van der Waals surface area (Å²) in [5.74, 6) is 5.11. The molecule has 0 saturated heterocycles. The molecule has 3 N–H and O–H groups in total. The van der Waals surface area contributed by atoms with Crippen molar-refractivity contribution >= 4 is 17.3 Å². The van der Waals surface area contributed by atoms with Crippen LogP contribution in [-0.2, 0) is 0 Å². The Kier molecular flexibility index (Phi) is 4.91. The van der Waals surface area contributed by atoms with Crippen molar-refractivity contribution in [1.82, 2.24) is 0 Å². The summed E-state index contributed by atoms with van der Waals surface area (Å²) in [5.41, 5.74) is 3.31. The predicted octanol–water partition coefficient (Wildman–Crippen LogP) is 1.77.